The summed E-state index contributed by atoms with van der Waals surface area (Å²) in [5.74, 6) is -2.08. The van der Waals surface area contributed by atoms with Crippen molar-refractivity contribution in [2.75, 3.05) is 4.90 Å². The molecule has 1 amide bonds. The number of nitrogens with zero attached hydrogens (tertiary/aromatic N) is 3. The van der Waals surface area contributed by atoms with Crippen molar-refractivity contribution in [3.05, 3.63) is 52.8 Å². The molecule has 1 heterocycles. The fraction of sp³-hybridized carbons (Fsp3) is 0.143. The van der Waals surface area contributed by atoms with Gasteiger partial charge in [0.1, 0.15) is 17.3 Å². The molecule has 0 unspecified atom stereocenters. The lowest BCUT2D eigenvalue weighted by molar-refractivity contribution is -0.137. The predicted octanol–water partition coefficient (Wildman–Crippen LogP) is 4.32. The van der Waals surface area contributed by atoms with Gasteiger partial charge in [-0.3, -0.25) is 9.69 Å². The highest BCUT2D eigenvalue weighted by Gasteiger charge is 2.32. The van der Waals surface area contributed by atoms with Gasteiger partial charge in [0, 0.05) is 19.2 Å². The van der Waals surface area contributed by atoms with Crippen LogP contribution in [0.1, 0.15) is 12.5 Å². The van der Waals surface area contributed by atoms with E-state index >= 15 is 0 Å². The number of hydrogen-bond donors (Lipinski definition) is 0. The number of benzene rings is 1. The zero-order valence-corrected chi connectivity index (χ0v) is 11.6. The Morgan fingerprint density at radius 3 is 2.43 bits per heavy atom. The summed E-state index contributed by atoms with van der Waals surface area (Å²) < 4.78 is 51.8. The first-order chi connectivity index (χ1) is 10.7. The Hall–Kier alpha value is -2.84. The molecule has 1 aromatic heterocycles. The number of carbonyl (C=O) groups excluding carboxylic acids is 1. The van der Waals surface area contributed by atoms with E-state index in [1.54, 1.807) is 0 Å². The van der Waals surface area contributed by atoms with Crippen LogP contribution in [0.15, 0.2) is 41.7 Å². The molecule has 2 rings (SSSR count). The van der Waals surface area contributed by atoms with Gasteiger partial charge in [-0.2, -0.15) is 13.2 Å². The van der Waals surface area contributed by atoms with Crippen molar-refractivity contribution in [1.82, 2.24) is 4.98 Å². The van der Waals surface area contributed by atoms with Crippen LogP contribution in [0.3, 0.4) is 0 Å². The first-order valence-electron chi connectivity index (χ1n) is 6.21. The molecule has 2 aromatic rings. The minimum Gasteiger partial charge on any atom is -0.274 e. The van der Waals surface area contributed by atoms with E-state index in [1.807, 2.05) is 0 Å². The van der Waals surface area contributed by atoms with E-state index in [1.165, 1.54) is 12.3 Å². The maximum Gasteiger partial charge on any atom is 0.416 e. The van der Waals surface area contributed by atoms with Crippen LogP contribution in [-0.4, -0.2) is 10.9 Å². The van der Waals surface area contributed by atoms with Gasteiger partial charge in [0.05, 0.1) is 11.3 Å². The van der Waals surface area contributed by atoms with Crippen molar-refractivity contribution in [2.24, 2.45) is 5.18 Å². The van der Waals surface area contributed by atoms with E-state index in [2.05, 4.69) is 10.2 Å². The zero-order valence-electron chi connectivity index (χ0n) is 11.6. The molecule has 0 aliphatic heterocycles. The summed E-state index contributed by atoms with van der Waals surface area (Å²) in [6, 6.07) is 4.13. The lowest BCUT2D eigenvalue weighted by Gasteiger charge is -2.21. The number of anilines is 2. The monoisotopic (exact) mass is 327 g/mol. The molecule has 5 nitrogen and oxygen atoms in total. The second-order valence-electron chi connectivity index (χ2n) is 4.48. The molecule has 0 N–H and O–H groups in total. The summed E-state index contributed by atoms with van der Waals surface area (Å²) in [5.41, 5.74) is -1.66. The molecule has 0 aliphatic rings. The first kappa shape index (κ1) is 16.5. The van der Waals surface area contributed by atoms with E-state index < -0.39 is 29.2 Å². The Bertz CT molecular complexity index is 762. The van der Waals surface area contributed by atoms with Crippen LogP contribution in [0.2, 0.25) is 0 Å². The van der Waals surface area contributed by atoms with Gasteiger partial charge < -0.3 is 0 Å². The number of nitroso groups, excluding NO2 is 1. The third-order valence-electron chi connectivity index (χ3n) is 2.89. The fourth-order valence-electron chi connectivity index (χ4n) is 1.91. The predicted molar refractivity (Wildman–Crippen MR) is 73.9 cm³/mol. The molecule has 1 aromatic carbocycles. The summed E-state index contributed by atoms with van der Waals surface area (Å²) in [6.45, 7) is 1.08. The molecule has 0 fully saturated rings. The second-order valence-corrected chi connectivity index (χ2v) is 4.48. The summed E-state index contributed by atoms with van der Waals surface area (Å²) in [7, 11) is 0. The molecule has 9 heteroatoms. The Labute approximate surface area is 127 Å². The van der Waals surface area contributed by atoms with Crippen molar-refractivity contribution < 1.29 is 22.4 Å². The Balaban J connectivity index is 2.54. The van der Waals surface area contributed by atoms with E-state index in [9.17, 15) is 27.3 Å². The number of alkyl halides is 3. The minimum atomic E-state index is -4.71. The number of hydrogen-bond acceptors (Lipinski definition) is 4. The topological polar surface area (TPSA) is 62.6 Å². The van der Waals surface area contributed by atoms with Crippen molar-refractivity contribution in [3.8, 4) is 0 Å². The van der Waals surface area contributed by atoms with Gasteiger partial charge in [0.25, 0.3) is 0 Å². The maximum atomic E-state index is 14.1. The average molecular weight is 327 g/mol. The van der Waals surface area contributed by atoms with E-state index in [4.69, 9.17) is 0 Å². The summed E-state index contributed by atoms with van der Waals surface area (Å²) in [6.07, 6.45) is -3.54. The highest BCUT2D eigenvalue weighted by Crippen LogP contribution is 2.34. The number of amides is 1. The second kappa shape index (κ2) is 6.11. The number of aromatic nitrogens is 1. The quantitative estimate of drug-likeness (QED) is 0.623. The average Bonchev–Trinajstić information content (AvgIpc) is 2.48. The normalized spacial score (nSPS) is 11.2. The molecule has 0 atom stereocenters. The number of pyridine rings is 1. The van der Waals surface area contributed by atoms with E-state index in [0.717, 1.165) is 24.0 Å². The molecule has 0 spiro atoms. The standard InChI is InChI=1S/C14H9F4N3O2/c1-8(22)21(13-7-10(20-23)4-5-19-13)12-3-2-9(6-11(12)15)14(16,17)18/h2-7H,1H3. The molecular weight excluding hydrogens is 318 g/mol. The van der Waals surface area contributed by atoms with Crippen LogP contribution in [0.4, 0.5) is 34.8 Å². The van der Waals surface area contributed by atoms with Crippen LogP contribution in [0, 0.1) is 10.7 Å². The summed E-state index contributed by atoms with van der Waals surface area (Å²) in [5, 5.41) is 2.66. The largest absolute Gasteiger partial charge is 0.416 e. The highest BCUT2D eigenvalue weighted by atomic mass is 19.4. The Morgan fingerprint density at radius 1 is 1.22 bits per heavy atom. The van der Waals surface area contributed by atoms with E-state index in [0.29, 0.717) is 6.07 Å². The van der Waals surface area contributed by atoms with Crippen molar-refractivity contribution in [1.29, 1.82) is 0 Å². The van der Waals surface area contributed by atoms with Crippen molar-refractivity contribution in [3.63, 3.8) is 0 Å². The number of rotatable bonds is 3. The Kier molecular flexibility index (Phi) is 4.39. The molecule has 0 bridgehead atoms. The van der Waals surface area contributed by atoms with Crippen LogP contribution in [0.25, 0.3) is 0 Å². The van der Waals surface area contributed by atoms with E-state index in [-0.39, 0.29) is 17.6 Å². The molecule has 120 valence electrons. The molecule has 23 heavy (non-hydrogen) atoms. The SMILES string of the molecule is CC(=O)N(c1cc(N=O)ccn1)c1ccc(C(F)(F)F)cc1F. The molecule has 0 aliphatic carbocycles. The van der Waals surface area contributed by atoms with Crippen molar-refractivity contribution in [2.45, 2.75) is 13.1 Å². The van der Waals surface area contributed by atoms with Gasteiger partial charge >= 0.3 is 6.18 Å². The highest BCUT2D eigenvalue weighted by molar-refractivity contribution is 5.98. The first-order valence-corrected chi connectivity index (χ1v) is 6.21. The molecule has 0 saturated carbocycles. The lowest BCUT2D eigenvalue weighted by Crippen LogP contribution is -2.25. The van der Waals surface area contributed by atoms with Gasteiger partial charge in [0.2, 0.25) is 5.91 Å². The third kappa shape index (κ3) is 3.50. The van der Waals surface area contributed by atoms with Crippen LogP contribution >= 0.6 is 0 Å². The van der Waals surface area contributed by atoms with Crippen LogP contribution < -0.4 is 4.90 Å². The van der Waals surface area contributed by atoms with Crippen molar-refractivity contribution >= 4 is 23.1 Å². The smallest absolute Gasteiger partial charge is 0.274 e. The zero-order chi connectivity index (χ0) is 17.2. The van der Waals surface area contributed by atoms with Gasteiger partial charge in [0.15, 0.2) is 0 Å². The summed E-state index contributed by atoms with van der Waals surface area (Å²) >= 11 is 0. The maximum absolute atomic E-state index is 14.1. The molecule has 0 saturated heterocycles. The number of carbonyl (C=O) groups is 1. The third-order valence-corrected chi connectivity index (χ3v) is 2.89. The summed E-state index contributed by atoms with van der Waals surface area (Å²) in [4.78, 5) is 26.9. The Morgan fingerprint density at radius 2 is 1.91 bits per heavy atom. The van der Waals surface area contributed by atoms with Gasteiger partial charge in [-0.05, 0) is 29.4 Å². The fourth-order valence-corrected chi connectivity index (χ4v) is 1.91. The van der Waals surface area contributed by atoms with Gasteiger partial charge in [-0.1, -0.05) is 0 Å². The molecular formula is C14H9F4N3O2. The van der Waals surface area contributed by atoms with Crippen LogP contribution in [0.5, 0.6) is 0 Å². The lowest BCUT2D eigenvalue weighted by atomic mass is 10.1. The molecule has 0 radical (unpaired) electrons. The van der Waals surface area contributed by atoms with Gasteiger partial charge in [-0.15, -0.1) is 4.91 Å². The number of halogens is 4. The van der Waals surface area contributed by atoms with Crippen LogP contribution in [-0.2, 0) is 11.0 Å². The van der Waals surface area contributed by atoms with Gasteiger partial charge in [-0.25, -0.2) is 9.37 Å². The minimum absolute atomic E-state index is 0.0615.